The molecule has 0 nitrogen and oxygen atoms in total. The minimum Gasteiger partial charge on any atom is -0.0654 e. The monoisotopic (exact) mass is 971 g/mol. The molecule has 0 heterocycles. The second kappa shape index (κ2) is 69.1. The Labute approximate surface area is 443 Å². The molecule has 3 unspecified atom stereocenters. The Morgan fingerprint density at radius 1 is 0.382 bits per heavy atom. The van der Waals surface area contributed by atoms with Crippen LogP contribution >= 0.6 is 0 Å². The van der Waals surface area contributed by atoms with Crippen LogP contribution in [0.2, 0.25) is 0 Å². The molecule has 0 saturated heterocycles. The minimum absolute atomic E-state index is 0.500. The van der Waals surface area contributed by atoms with Crippen molar-refractivity contribution in [3.63, 3.8) is 0 Å². The topological polar surface area (TPSA) is 0 Å². The largest absolute Gasteiger partial charge is 0.0654 e. The van der Waals surface area contributed by atoms with Gasteiger partial charge < -0.3 is 0 Å². The van der Waals surface area contributed by atoms with E-state index in [1.165, 1.54) is 167 Å². The van der Waals surface area contributed by atoms with Gasteiger partial charge in [0.2, 0.25) is 0 Å². The van der Waals surface area contributed by atoms with Gasteiger partial charge in [-0.15, -0.1) is 0 Å². The van der Waals surface area contributed by atoms with Crippen molar-refractivity contribution in [2.24, 2.45) is 64.1 Å². The third-order valence-corrected chi connectivity index (χ3v) is 12.7. The van der Waals surface area contributed by atoms with Gasteiger partial charge in [-0.25, -0.2) is 0 Å². The number of hydrogen-bond acceptors (Lipinski definition) is 0. The Bertz CT molecular complexity index is 732. The smallest absolute Gasteiger partial charge is 0.0365 e. The molecule has 0 bridgehead atoms. The molecule has 0 radical (unpaired) electrons. The van der Waals surface area contributed by atoms with Gasteiger partial charge in [-0.1, -0.05) is 369 Å². The van der Waals surface area contributed by atoms with E-state index in [0.717, 1.165) is 53.3 Å². The second-order valence-electron chi connectivity index (χ2n) is 26.0. The molecular formula is C68H154. The Morgan fingerprint density at radius 3 is 0.868 bits per heavy atom. The average molecular weight is 972 g/mol. The fraction of sp³-hybridized carbons (Fsp3) is 1.00. The summed E-state index contributed by atoms with van der Waals surface area (Å²) in [5.74, 6) is 8.52. The van der Waals surface area contributed by atoms with Crippen LogP contribution in [0.1, 0.15) is 382 Å². The van der Waals surface area contributed by atoms with Crippen LogP contribution in [0.25, 0.3) is 0 Å². The second-order valence-corrected chi connectivity index (χ2v) is 26.0. The van der Waals surface area contributed by atoms with Crippen molar-refractivity contribution < 1.29 is 0 Å². The number of unbranched alkanes of at least 4 members (excludes halogenated alkanes) is 7. The van der Waals surface area contributed by atoms with Gasteiger partial charge >= 0.3 is 0 Å². The molecule has 3 atom stereocenters. The van der Waals surface area contributed by atoms with Crippen LogP contribution < -0.4 is 0 Å². The Kier molecular flexibility index (Phi) is 89.1. The summed E-state index contributed by atoms with van der Waals surface area (Å²) in [7, 11) is 0. The quantitative estimate of drug-likeness (QED) is 0.144. The maximum Gasteiger partial charge on any atom is -0.0365 e. The van der Waals surface area contributed by atoms with Crippen LogP contribution in [0.4, 0.5) is 0 Å². The van der Waals surface area contributed by atoms with E-state index in [-0.39, 0.29) is 0 Å². The summed E-state index contributed by atoms with van der Waals surface area (Å²) in [6.07, 6.45) is 36.2. The third kappa shape index (κ3) is 126. The molecular weight excluding hydrogens is 817 g/mol. The van der Waals surface area contributed by atoms with Gasteiger partial charge in [0, 0.05) is 0 Å². The van der Waals surface area contributed by atoms with E-state index in [9.17, 15) is 0 Å². The lowest BCUT2D eigenvalue weighted by atomic mass is 9.71. The van der Waals surface area contributed by atoms with Crippen LogP contribution in [-0.4, -0.2) is 0 Å². The first-order chi connectivity index (χ1) is 31.4. The van der Waals surface area contributed by atoms with Crippen LogP contribution in [0.15, 0.2) is 0 Å². The van der Waals surface area contributed by atoms with Crippen molar-refractivity contribution in [1.82, 2.24) is 0 Å². The lowest BCUT2D eigenvalue weighted by molar-refractivity contribution is 0.158. The van der Waals surface area contributed by atoms with E-state index < -0.39 is 0 Å². The van der Waals surface area contributed by atoms with Gasteiger partial charge in [0.25, 0.3) is 0 Å². The van der Waals surface area contributed by atoms with Gasteiger partial charge in [0.1, 0.15) is 0 Å². The molecule has 0 heteroatoms. The van der Waals surface area contributed by atoms with Gasteiger partial charge in [0.15, 0.2) is 0 Å². The lowest BCUT2D eigenvalue weighted by Crippen LogP contribution is -2.25. The maximum atomic E-state index is 2.43. The molecule has 0 aromatic rings. The molecule has 426 valence electrons. The first kappa shape index (κ1) is 87.7. The normalized spacial score (nSPS) is 16.3. The summed E-state index contributed by atoms with van der Waals surface area (Å²) in [5.41, 5.74) is 1.04. The molecule has 0 aromatic heterocycles. The number of rotatable bonds is 15. The van der Waals surface area contributed by atoms with Crippen LogP contribution in [0, 0.1) is 64.1 Å². The summed E-state index contributed by atoms with van der Waals surface area (Å²) in [5, 5.41) is 0. The van der Waals surface area contributed by atoms with Crippen molar-refractivity contribution in [2.75, 3.05) is 0 Å². The summed E-state index contributed by atoms with van der Waals surface area (Å²) in [4.78, 5) is 0. The fourth-order valence-electron chi connectivity index (χ4n) is 6.32. The van der Waals surface area contributed by atoms with Crippen molar-refractivity contribution in [2.45, 2.75) is 382 Å². The maximum absolute atomic E-state index is 2.43. The van der Waals surface area contributed by atoms with Gasteiger partial charge in [-0.2, -0.15) is 0 Å². The highest BCUT2D eigenvalue weighted by atomic mass is 14.3. The van der Waals surface area contributed by atoms with E-state index in [0.29, 0.717) is 10.8 Å². The summed E-state index contributed by atoms with van der Waals surface area (Å²) in [6.45, 7) is 69.8. The third-order valence-electron chi connectivity index (χ3n) is 12.7. The lowest BCUT2D eigenvalue weighted by Gasteiger charge is -2.35. The van der Waals surface area contributed by atoms with E-state index in [4.69, 9.17) is 0 Å². The van der Waals surface area contributed by atoms with Crippen molar-refractivity contribution in [1.29, 1.82) is 0 Å². The fourth-order valence-corrected chi connectivity index (χ4v) is 6.32. The SMILES string of the molecule is CC(C)(C)C.CC1CCC(C(C)C)C(C)C1.CC1CCCCC1.CCC(C)(C)C.CCC(C)C.CCC(C)CC.CCCC.CCCC(C)C.CCCCC.CCCCC(C)C.CCCCCC. The van der Waals surface area contributed by atoms with E-state index in [1.54, 1.807) is 0 Å². The Balaban J connectivity index is -0.0000000814. The minimum atomic E-state index is 0.500. The molecule has 2 fully saturated rings. The highest BCUT2D eigenvalue weighted by Crippen LogP contribution is 2.37. The van der Waals surface area contributed by atoms with Gasteiger partial charge in [-0.05, 0) is 76.9 Å². The molecule has 0 N–H and O–H groups in total. The molecule has 0 aromatic carbocycles. The van der Waals surface area contributed by atoms with Crippen molar-refractivity contribution in [3.05, 3.63) is 0 Å². The molecule has 2 aliphatic carbocycles. The molecule has 0 amide bonds. The first-order valence-corrected chi connectivity index (χ1v) is 31.4. The molecule has 0 aliphatic heterocycles. The zero-order chi connectivity index (χ0) is 55.6. The zero-order valence-electron chi connectivity index (χ0n) is 55.6. The summed E-state index contributed by atoms with van der Waals surface area (Å²) >= 11 is 0. The van der Waals surface area contributed by atoms with Crippen LogP contribution in [-0.2, 0) is 0 Å². The summed E-state index contributed by atoms with van der Waals surface area (Å²) in [6, 6.07) is 0. The predicted octanol–water partition coefficient (Wildman–Crippen LogP) is 27.2. The Morgan fingerprint density at radius 2 is 0.735 bits per heavy atom. The molecule has 2 saturated carbocycles. The van der Waals surface area contributed by atoms with Crippen LogP contribution in [0.5, 0.6) is 0 Å². The average Bonchev–Trinajstić information content (AvgIpc) is 3.26. The summed E-state index contributed by atoms with van der Waals surface area (Å²) < 4.78 is 0. The molecule has 2 aliphatic rings. The predicted molar refractivity (Wildman–Crippen MR) is 332 cm³/mol. The van der Waals surface area contributed by atoms with Gasteiger partial charge in [0.05, 0.1) is 0 Å². The highest BCUT2D eigenvalue weighted by molar-refractivity contribution is 4.77. The molecule has 2 rings (SSSR count). The molecule has 0 spiro atoms. The molecule has 68 heavy (non-hydrogen) atoms. The van der Waals surface area contributed by atoms with E-state index in [2.05, 4.69) is 215 Å². The first-order valence-electron chi connectivity index (χ1n) is 31.4. The highest BCUT2D eigenvalue weighted by Gasteiger charge is 2.27. The van der Waals surface area contributed by atoms with E-state index >= 15 is 0 Å². The van der Waals surface area contributed by atoms with Gasteiger partial charge in [-0.3, -0.25) is 0 Å². The zero-order valence-corrected chi connectivity index (χ0v) is 55.6. The van der Waals surface area contributed by atoms with Crippen molar-refractivity contribution in [3.8, 4) is 0 Å². The number of hydrogen-bond donors (Lipinski definition) is 0. The Hall–Kier alpha value is 0. The van der Waals surface area contributed by atoms with Crippen LogP contribution in [0.3, 0.4) is 0 Å². The van der Waals surface area contributed by atoms with E-state index in [1.807, 2.05) is 0 Å². The van der Waals surface area contributed by atoms with Crippen molar-refractivity contribution >= 4 is 0 Å². The standard InChI is InChI=1S/C11H22.C7H14.C7H16.4C6H14.3C5H12.C4H10/c1-8(2)11-6-5-9(3)7-10(11)4;1-7-5-3-2-4-6-7;1-4-5-6-7(2)3;1-5-6(2,3)4;1-4-5-6(2)3;1-4-6(3)5-2;1-3-5-6-4-2;1-5(2,3)4;1-4-5(2)3;1-3-5-4-2;1-3-4-2/h8-11H,5-7H2,1-4H3;7H,2-6H2,1H3;7H,4-6H2,1-3H3;5H2,1-4H3;2*6H,4-5H2,1-3H3;3-6H2,1-2H3;1-4H3;5H,4H2,1-3H3;3-5H2,1-2H3;3-4H2,1-2H3.